The maximum atomic E-state index is 14.2. The van der Waals surface area contributed by atoms with Crippen LogP contribution in [0.4, 0.5) is 4.39 Å². The number of rotatable bonds is 8. The fourth-order valence-corrected chi connectivity index (χ4v) is 5.12. The van der Waals surface area contributed by atoms with Crippen LogP contribution in [0, 0.1) is 5.82 Å². The van der Waals surface area contributed by atoms with E-state index in [1.807, 2.05) is 43.3 Å². The number of aromatic nitrogens is 2. The minimum absolute atomic E-state index is 0.0502. The summed E-state index contributed by atoms with van der Waals surface area (Å²) < 4.78 is 33.6. The average molecular weight is 647 g/mol. The lowest BCUT2D eigenvalue weighted by atomic mass is 10.2. The normalized spacial score (nSPS) is 11.5. The van der Waals surface area contributed by atoms with Crippen LogP contribution in [0.1, 0.15) is 18.1 Å². The van der Waals surface area contributed by atoms with E-state index in [0.29, 0.717) is 50.2 Å². The first kappa shape index (κ1) is 27.7. The third-order valence-electron chi connectivity index (χ3n) is 6.50. The maximum absolute atomic E-state index is 14.2. The van der Waals surface area contributed by atoms with Crippen molar-refractivity contribution in [3.05, 3.63) is 122 Å². The highest BCUT2D eigenvalue weighted by Crippen LogP contribution is 2.43. The van der Waals surface area contributed by atoms with Gasteiger partial charge in [0.1, 0.15) is 23.0 Å². The Morgan fingerprint density at radius 2 is 1.81 bits per heavy atom. The maximum Gasteiger partial charge on any atom is 0.282 e. The van der Waals surface area contributed by atoms with Gasteiger partial charge in [0, 0.05) is 21.0 Å². The van der Waals surface area contributed by atoms with Crippen molar-refractivity contribution in [3.8, 4) is 23.1 Å². The molecule has 0 atom stereocenters. The Morgan fingerprint density at radius 1 is 1.05 bits per heavy atom. The Kier molecular flexibility index (Phi) is 7.78. The van der Waals surface area contributed by atoms with E-state index in [-0.39, 0.29) is 34.6 Å². The van der Waals surface area contributed by atoms with Crippen LogP contribution < -0.4 is 15.0 Å². The molecule has 2 heterocycles. The lowest BCUT2D eigenvalue weighted by molar-refractivity contribution is 0.266. The third-order valence-corrected chi connectivity index (χ3v) is 7.94. The average Bonchev–Trinajstić information content (AvgIpc) is 3.44. The molecule has 210 valence electrons. The second-order valence-corrected chi connectivity index (χ2v) is 10.4. The highest BCUT2D eigenvalue weighted by atomic mass is 79.9. The van der Waals surface area contributed by atoms with Gasteiger partial charge in [0.15, 0.2) is 17.3 Å². The molecular formula is C32H22BrClFN3O4. The summed E-state index contributed by atoms with van der Waals surface area (Å²) >= 11 is 10.2. The summed E-state index contributed by atoms with van der Waals surface area (Å²) in [4.78, 5) is 18.4. The molecule has 0 bridgehead atoms. The predicted molar refractivity (Wildman–Crippen MR) is 165 cm³/mol. The third kappa shape index (κ3) is 5.29. The quantitative estimate of drug-likeness (QED) is 0.156. The molecule has 7 nitrogen and oxygen atoms in total. The molecule has 0 fully saturated rings. The molecule has 0 aliphatic heterocycles. The Hall–Kier alpha value is -4.47. The Morgan fingerprint density at radius 3 is 2.62 bits per heavy atom. The highest BCUT2D eigenvalue weighted by Gasteiger charge is 2.20. The monoisotopic (exact) mass is 645 g/mol. The summed E-state index contributed by atoms with van der Waals surface area (Å²) in [5.74, 6) is 0.829. The summed E-state index contributed by atoms with van der Waals surface area (Å²) in [6, 6.07) is 24.4. The zero-order chi connectivity index (χ0) is 29.2. The summed E-state index contributed by atoms with van der Waals surface area (Å²) in [5, 5.41) is 6.01. The molecule has 10 heteroatoms. The van der Waals surface area contributed by atoms with E-state index in [2.05, 4.69) is 21.0 Å². The van der Waals surface area contributed by atoms with Crippen LogP contribution in [0.25, 0.3) is 33.5 Å². The number of halogens is 3. The first-order valence-electron chi connectivity index (χ1n) is 13.0. The summed E-state index contributed by atoms with van der Waals surface area (Å²) in [5.41, 5.74) is 1.69. The van der Waals surface area contributed by atoms with Gasteiger partial charge in [-0.2, -0.15) is 9.78 Å². The molecule has 42 heavy (non-hydrogen) atoms. The van der Waals surface area contributed by atoms with Gasteiger partial charge in [-0.1, -0.05) is 60.1 Å². The van der Waals surface area contributed by atoms with Gasteiger partial charge in [0.25, 0.3) is 5.56 Å². The zero-order valence-corrected chi connectivity index (χ0v) is 24.5. The number of fused-ring (bicyclic) bond motifs is 2. The molecule has 0 spiro atoms. The topological polar surface area (TPSA) is 78.9 Å². The number of hydrogen-bond acceptors (Lipinski definition) is 6. The molecule has 0 saturated carbocycles. The van der Waals surface area contributed by atoms with Gasteiger partial charge in [-0.25, -0.2) is 9.37 Å². The highest BCUT2D eigenvalue weighted by molar-refractivity contribution is 9.10. The molecule has 0 aliphatic carbocycles. The van der Waals surface area contributed by atoms with Crippen molar-refractivity contribution in [2.45, 2.75) is 13.5 Å². The van der Waals surface area contributed by atoms with Crippen molar-refractivity contribution < 1.29 is 18.3 Å². The first-order chi connectivity index (χ1) is 20.4. The molecule has 0 aliphatic rings. The zero-order valence-electron chi connectivity index (χ0n) is 22.2. The van der Waals surface area contributed by atoms with Crippen LogP contribution in [0.3, 0.4) is 0 Å². The number of benzene rings is 4. The van der Waals surface area contributed by atoms with Crippen LogP contribution in [0.5, 0.6) is 11.5 Å². The number of ether oxygens (including phenoxy) is 2. The molecule has 0 N–H and O–H groups in total. The molecule has 4 aromatic carbocycles. The summed E-state index contributed by atoms with van der Waals surface area (Å²) in [6.07, 6.45) is 1.48. The minimum atomic E-state index is -0.385. The van der Waals surface area contributed by atoms with E-state index in [1.165, 1.54) is 17.0 Å². The van der Waals surface area contributed by atoms with Crippen molar-refractivity contribution in [1.82, 2.24) is 9.66 Å². The number of hydrogen-bond donors (Lipinski definition) is 0. The first-order valence-corrected chi connectivity index (χ1v) is 14.2. The predicted octanol–water partition coefficient (Wildman–Crippen LogP) is 8.22. The fourth-order valence-electron chi connectivity index (χ4n) is 4.46. The van der Waals surface area contributed by atoms with E-state index in [9.17, 15) is 9.18 Å². The van der Waals surface area contributed by atoms with Crippen LogP contribution in [-0.4, -0.2) is 22.5 Å². The van der Waals surface area contributed by atoms with Gasteiger partial charge < -0.3 is 13.9 Å². The smallest absolute Gasteiger partial charge is 0.282 e. The fraction of sp³-hybridized carbons (Fsp3) is 0.0938. The Balaban J connectivity index is 1.44. The van der Waals surface area contributed by atoms with E-state index >= 15 is 0 Å². The lowest BCUT2D eigenvalue weighted by Crippen LogP contribution is -2.20. The van der Waals surface area contributed by atoms with E-state index < -0.39 is 0 Å². The summed E-state index contributed by atoms with van der Waals surface area (Å²) in [7, 11) is 0. The van der Waals surface area contributed by atoms with Gasteiger partial charge in [-0.05, 0) is 59.3 Å². The molecule has 6 aromatic rings. The SMILES string of the molecule is CCOc1cc(C=Nn2c(-c3cc4ccccc4o3)nc3ccccc3c2=O)c(Br)c(Cl)c1OCc1ccccc1F. The molecule has 2 aromatic heterocycles. The molecule has 6 rings (SSSR count). The van der Waals surface area contributed by atoms with E-state index in [1.54, 1.807) is 42.5 Å². The van der Waals surface area contributed by atoms with Gasteiger partial charge >= 0.3 is 0 Å². The molecule has 0 saturated heterocycles. The molecule has 0 amide bonds. The van der Waals surface area contributed by atoms with Crippen LogP contribution in [-0.2, 0) is 6.61 Å². The molecule has 0 radical (unpaired) electrons. The minimum Gasteiger partial charge on any atom is -0.490 e. The van der Waals surface area contributed by atoms with Gasteiger partial charge in [0.05, 0.1) is 23.7 Å². The Labute approximate surface area is 252 Å². The lowest BCUT2D eigenvalue weighted by Gasteiger charge is -2.16. The second kappa shape index (κ2) is 11.8. The summed E-state index contributed by atoms with van der Waals surface area (Å²) in [6.45, 7) is 2.10. The standard InChI is InChI=1S/C32H22BrClFN3O4/c1-2-40-26-16-21(28(33)29(34)30(26)41-18-20-10-3-6-12-23(20)35)17-36-38-31(27-15-19-9-4-8-14-25(19)42-27)37-24-13-7-5-11-22(24)32(38)39/h3-17H,2,18H2,1H3. The van der Waals surface area contributed by atoms with Crippen molar-refractivity contribution in [2.24, 2.45) is 5.10 Å². The van der Waals surface area contributed by atoms with Crippen LogP contribution in [0.15, 0.2) is 104 Å². The Bertz CT molecular complexity index is 2010. The second-order valence-electron chi connectivity index (χ2n) is 9.20. The van der Waals surface area contributed by atoms with Crippen molar-refractivity contribution in [3.63, 3.8) is 0 Å². The number of para-hydroxylation sites is 2. The van der Waals surface area contributed by atoms with Gasteiger partial charge in [-0.15, -0.1) is 0 Å². The number of furan rings is 1. The van der Waals surface area contributed by atoms with Gasteiger partial charge in [-0.3, -0.25) is 4.79 Å². The largest absolute Gasteiger partial charge is 0.490 e. The molecular weight excluding hydrogens is 625 g/mol. The van der Waals surface area contributed by atoms with Crippen molar-refractivity contribution in [1.29, 1.82) is 0 Å². The van der Waals surface area contributed by atoms with Crippen molar-refractivity contribution in [2.75, 3.05) is 6.61 Å². The van der Waals surface area contributed by atoms with Crippen LogP contribution in [0.2, 0.25) is 5.02 Å². The van der Waals surface area contributed by atoms with E-state index in [0.717, 1.165) is 5.39 Å². The molecule has 0 unspecified atom stereocenters. The number of nitrogens with zero attached hydrogens (tertiary/aromatic N) is 3. The van der Waals surface area contributed by atoms with E-state index in [4.69, 9.17) is 30.5 Å². The van der Waals surface area contributed by atoms with Crippen LogP contribution >= 0.6 is 27.5 Å². The van der Waals surface area contributed by atoms with Crippen molar-refractivity contribution >= 4 is 55.6 Å². The van der Waals surface area contributed by atoms with Gasteiger partial charge in [0.2, 0.25) is 5.82 Å².